The molecule has 1 aromatic rings. The highest BCUT2D eigenvalue weighted by Crippen LogP contribution is 2.27. The summed E-state index contributed by atoms with van der Waals surface area (Å²) < 4.78 is 10.1. The molecule has 0 heterocycles. The molecule has 1 aromatic carbocycles. The molecule has 0 bridgehead atoms. The fourth-order valence-corrected chi connectivity index (χ4v) is 0.928. The van der Waals surface area contributed by atoms with Crippen molar-refractivity contribution in [3.63, 3.8) is 0 Å². The Morgan fingerprint density at radius 2 is 2.23 bits per heavy atom. The van der Waals surface area contributed by atoms with E-state index in [-0.39, 0.29) is 0 Å². The standard InChI is InChI=1S/C10H9NO2/c1-3-13-10-6-8(7-11)4-5-9(10)12-2/h3-6H,1H2,2H3. The Kier molecular flexibility index (Phi) is 2.93. The number of methoxy groups -OCH3 is 1. The first kappa shape index (κ1) is 9.14. The van der Waals surface area contributed by atoms with Crippen molar-refractivity contribution >= 4 is 0 Å². The summed E-state index contributed by atoms with van der Waals surface area (Å²) in [5.41, 5.74) is 0.526. The predicted molar refractivity (Wildman–Crippen MR) is 48.5 cm³/mol. The van der Waals surface area contributed by atoms with Crippen LogP contribution in [0.3, 0.4) is 0 Å². The van der Waals surface area contributed by atoms with Gasteiger partial charge in [-0.2, -0.15) is 5.26 Å². The van der Waals surface area contributed by atoms with Crippen LogP contribution in [0.25, 0.3) is 0 Å². The van der Waals surface area contributed by atoms with Crippen molar-refractivity contribution in [2.45, 2.75) is 0 Å². The Balaban J connectivity index is 3.11. The number of nitriles is 1. The average Bonchev–Trinajstić information content (AvgIpc) is 2.18. The van der Waals surface area contributed by atoms with Crippen molar-refractivity contribution in [3.8, 4) is 17.6 Å². The van der Waals surface area contributed by atoms with Gasteiger partial charge in [-0.25, -0.2) is 0 Å². The molecule has 3 nitrogen and oxygen atoms in total. The van der Waals surface area contributed by atoms with E-state index in [0.29, 0.717) is 17.1 Å². The quantitative estimate of drug-likeness (QED) is 0.660. The zero-order valence-electron chi connectivity index (χ0n) is 7.28. The maximum absolute atomic E-state index is 8.62. The molecular weight excluding hydrogens is 166 g/mol. The molecule has 3 heteroatoms. The van der Waals surface area contributed by atoms with Gasteiger partial charge in [-0.05, 0) is 12.1 Å². The van der Waals surface area contributed by atoms with E-state index in [1.165, 1.54) is 13.4 Å². The van der Waals surface area contributed by atoms with E-state index in [9.17, 15) is 0 Å². The number of nitrogens with zero attached hydrogens (tertiary/aromatic N) is 1. The number of benzene rings is 1. The molecule has 0 aromatic heterocycles. The van der Waals surface area contributed by atoms with Crippen LogP contribution < -0.4 is 9.47 Å². The smallest absolute Gasteiger partial charge is 0.169 e. The van der Waals surface area contributed by atoms with Crippen LogP contribution in [0.1, 0.15) is 5.56 Å². The second-order valence-corrected chi connectivity index (χ2v) is 2.26. The number of hydrogen-bond acceptors (Lipinski definition) is 3. The van der Waals surface area contributed by atoms with Gasteiger partial charge in [-0.3, -0.25) is 0 Å². The fourth-order valence-electron chi connectivity index (χ4n) is 0.928. The molecule has 0 N–H and O–H groups in total. The number of ether oxygens (including phenoxy) is 2. The van der Waals surface area contributed by atoms with Gasteiger partial charge in [0.1, 0.15) is 0 Å². The summed E-state index contributed by atoms with van der Waals surface area (Å²) in [5.74, 6) is 1.08. The van der Waals surface area contributed by atoms with Crippen LogP contribution in [0, 0.1) is 11.3 Å². The van der Waals surface area contributed by atoms with Gasteiger partial charge in [0.15, 0.2) is 11.5 Å². The molecule has 0 fully saturated rings. The van der Waals surface area contributed by atoms with Crippen LogP contribution in [0.5, 0.6) is 11.5 Å². The fraction of sp³-hybridized carbons (Fsp3) is 0.100. The van der Waals surface area contributed by atoms with Gasteiger partial charge in [0.25, 0.3) is 0 Å². The summed E-state index contributed by atoms with van der Waals surface area (Å²) in [6.07, 6.45) is 1.29. The van der Waals surface area contributed by atoms with Gasteiger partial charge in [0, 0.05) is 6.07 Å². The largest absolute Gasteiger partial charge is 0.493 e. The number of hydrogen-bond donors (Lipinski definition) is 0. The van der Waals surface area contributed by atoms with Gasteiger partial charge in [0.2, 0.25) is 0 Å². The third-order valence-corrected chi connectivity index (χ3v) is 1.50. The Morgan fingerprint density at radius 1 is 1.46 bits per heavy atom. The molecule has 1 rings (SSSR count). The molecule has 0 unspecified atom stereocenters. The van der Waals surface area contributed by atoms with E-state index in [2.05, 4.69) is 6.58 Å². The van der Waals surface area contributed by atoms with Crippen LogP contribution in [0.15, 0.2) is 31.0 Å². The van der Waals surface area contributed by atoms with Gasteiger partial charge >= 0.3 is 0 Å². The minimum Gasteiger partial charge on any atom is -0.493 e. The molecule has 0 aliphatic rings. The van der Waals surface area contributed by atoms with Crippen LogP contribution in [0.4, 0.5) is 0 Å². The minimum atomic E-state index is 0.497. The molecule has 13 heavy (non-hydrogen) atoms. The average molecular weight is 175 g/mol. The maximum Gasteiger partial charge on any atom is 0.169 e. The lowest BCUT2D eigenvalue weighted by Gasteiger charge is -2.06. The van der Waals surface area contributed by atoms with Crippen molar-refractivity contribution in [3.05, 3.63) is 36.6 Å². The lowest BCUT2D eigenvalue weighted by atomic mass is 10.2. The van der Waals surface area contributed by atoms with Crippen molar-refractivity contribution < 1.29 is 9.47 Å². The summed E-state index contributed by atoms with van der Waals surface area (Å²) in [6.45, 7) is 3.43. The molecule has 0 spiro atoms. The Morgan fingerprint density at radius 3 is 2.77 bits per heavy atom. The van der Waals surface area contributed by atoms with E-state index in [0.717, 1.165) is 0 Å². The molecule has 0 saturated carbocycles. The number of rotatable bonds is 3. The topological polar surface area (TPSA) is 42.2 Å². The first-order valence-corrected chi connectivity index (χ1v) is 3.67. The monoisotopic (exact) mass is 175 g/mol. The third-order valence-electron chi connectivity index (χ3n) is 1.50. The molecule has 66 valence electrons. The first-order valence-electron chi connectivity index (χ1n) is 3.67. The third kappa shape index (κ3) is 2.00. The first-order chi connectivity index (χ1) is 6.31. The lowest BCUT2D eigenvalue weighted by molar-refractivity contribution is 0.378. The molecule has 0 amide bonds. The predicted octanol–water partition coefficient (Wildman–Crippen LogP) is 2.09. The van der Waals surface area contributed by atoms with E-state index < -0.39 is 0 Å². The summed E-state index contributed by atoms with van der Waals surface area (Å²) >= 11 is 0. The van der Waals surface area contributed by atoms with Crippen LogP contribution >= 0.6 is 0 Å². The second-order valence-electron chi connectivity index (χ2n) is 2.26. The molecule has 0 radical (unpaired) electrons. The Bertz CT molecular complexity index is 352. The molecule has 0 aliphatic heterocycles. The summed E-state index contributed by atoms with van der Waals surface area (Å²) in [4.78, 5) is 0. The summed E-state index contributed by atoms with van der Waals surface area (Å²) in [6, 6.07) is 6.94. The van der Waals surface area contributed by atoms with E-state index in [1.807, 2.05) is 6.07 Å². The summed E-state index contributed by atoms with van der Waals surface area (Å²) in [5, 5.41) is 8.62. The molecule has 0 aliphatic carbocycles. The van der Waals surface area contributed by atoms with Crippen molar-refractivity contribution in [2.75, 3.05) is 7.11 Å². The highest BCUT2D eigenvalue weighted by molar-refractivity contribution is 5.46. The van der Waals surface area contributed by atoms with Crippen LogP contribution in [-0.4, -0.2) is 7.11 Å². The summed E-state index contributed by atoms with van der Waals surface area (Å²) in [7, 11) is 1.54. The van der Waals surface area contributed by atoms with Crippen molar-refractivity contribution in [1.29, 1.82) is 5.26 Å². The highest BCUT2D eigenvalue weighted by Gasteiger charge is 2.03. The highest BCUT2D eigenvalue weighted by atomic mass is 16.5. The van der Waals surface area contributed by atoms with Gasteiger partial charge < -0.3 is 9.47 Å². The zero-order chi connectivity index (χ0) is 9.68. The normalized spacial score (nSPS) is 8.62. The van der Waals surface area contributed by atoms with Crippen molar-refractivity contribution in [2.24, 2.45) is 0 Å². The Labute approximate surface area is 76.8 Å². The lowest BCUT2D eigenvalue weighted by Crippen LogP contribution is -1.89. The zero-order valence-corrected chi connectivity index (χ0v) is 7.28. The van der Waals surface area contributed by atoms with E-state index >= 15 is 0 Å². The second kappa shape index (κ2) is 4.17. The van der Waals surface area contributed by atoms with Crippen molar-refractivity contribution in [1.82, 2.24) is 0 Å². The van der Waals surface area contributed by atoms with Crippen LogP contribution in [-0.2, 0) is 0 Å². The van der Waals surface area contributed by atoms with Gasteiger partial charge in [0.05, 0.1) is 25.0 Å². The minimum absolute atomic E-state index is 0.497. The van der Waals surface area contributed by atoms with Crippen LogP contribution in [0.2, 0.25) is 0 Å². The molecular formula is C10H9NO2. The molecule has 0 saturated heterocycles. The Hall–Kier alpha value is -1.95. The van der Waals surface area contributed by atoms with E-state index in [4.69, 9.17) is 14.7 Å². The van der Waals surface area contributed by atoms with Gasteiger partial charge in [-0.1, -0.05) is 6.58 Å². The maximum atomic E-state index is 8.62. The molecule has 0 atom stereocenters. The van der Waals surface area contributed by atoms with E-state index in [1.54, 1.807) is 18.2 Å². The SMILES string of the molecule is C=COc1cc(C#N)ccc1OC. The van der Waals surface area contributed by atoms with Gasteiger partial charge in [-0.15, -0.1) is 0 Å².